The van der Waals surface area contributed by atoms with E-state index in [4.69, 9.17) is 9.05 Å². The Morgan fingerprint density at radius 2 is 1.59 bits per heavy atom. The Morgan fingerprint density at radius 1 is 1.09 bits per heavy atom. The van der Waals surface area contributed by atoms with Gasteiger partial charge in [0.25, 0.3) is 0 Å². The maximum absolute atomic E-state index is 12.9. The highest BCUT2D eigenvalue weighted by Crippen LogP contribution is 2.50. The third-order valence-electron chi connectivity index (χ3n) is 4.17. The van der Waals surface area contributed by atoms with Crippen LogP contribution >= 0.6 is 7.60 Å². The molecule has 1 atom stereocenters. The lowest BCUT2D eigenvalue weighted by molar-refractivity contribution is 0.153. The molecule has 2 rings (SSSR count). The highest BCUT2D eigenvalue weighted by atomic mass is 31.2. The maximum Gasteiger partial charge on any atom is 0.332 e. The minimum Gasteiger partial charge on any atom is -0.309 e. The van der Waals surface area contributed by atoms with Gasteiger partial charge in [0.15, 0.2) is 0 Å². The van der Waals surface area contributed by atoms with Crippen LogP contribution in [0.5, 0.6) is 0 Å². The molecule has 4 nitrogen and oxygen atoms in total. The predicted octanol–water partition coefficient (Wildman–Crippen LogP) is 4.29. The molecule has 1 heterocycles. The van der Waals surface area contributed by atoms with Gasteiger partial charge in [0.2, 0.25) is 0 Å². The molecule has 1 aliphatic heterocycles. The second-order valence-corrected chi connectivity index (χ2v) is 8.22. The van der Waals surface area contributed by atoms with Gasteiger partial charge in [-0.3, -0.25) is 9.46 Å². The summed E-state index contributed by atoms with van der Waals surface area (Å²) in [7, 11) is -3.02. The quantitative estimate of drug-likeness (QED) is 0.668. The number of rotatable bonds is 8. The van der Waals surface area contributed by atoms with Crippen molar-refractivity contribution < 1.29 is 13.6 Å². The van der Waals surface area contributed by atoms with Gasteiger partial charge in [0.1, 0.15) is 0 Å². The molecule has 124 valence electrons. The molecule has 5 heteroatoms. The molecule has 0 amide bonds. The minimum atomic E-state index is -3.02. The van der Waals surface area contributed by atoms with Gasteiger partial charge >= 0.3 is 7.60 Å². The summed E-state index contributed by atoms with van der Waals surface area (Å²) in [5, 5.41) is 0. The minimum absolute atomic E-state index is 0.191. The number of hydrogen-bond acceptors (Lipinski definition) is 4. The highest BCUT2D eigenvalue weighted by Gasteiger charge is 2.35. The van der Waals surface area contributed by atoms with Crippen molar-refractivity contribution in [1.82, 2.24) is 4.90 Å². The average molecular weight is 325 g/mol. The Hall–Kier alpha value is -0.670. The van der Waals surface area contributed by atoms with Crippen molar-refractivity contribution in [3.8, 4) is 0 Å². The van der Waals surface area contributed by atoms with E-state index in [1.54, 1.807) is 0 Å². The molecule has 0 unspecified atom stereocenters. The fraction of sp³-hybridized carbons (Fsp3) is 0.647. The van der Waals surface area contributed by atoms with Crippen molar-refractivity contribution in [2.45, 2.75) is 46.8 Å². The molecule has 0 fully saturated rings. The summed E-state index contributed by atoms with van der Waals surface area (Å²) in [5.41, 5.74) is 2.74. The van der Waals surface area contributed by atoms with E-state index in [0.717, 1.165) is 13.1 Å². The Bertz CT molecular complexity index is 497. The van der Waals surface area contributed by atoms with E-state index in [1.165, 1.54) is 11.1 Å². The Kier molecular flexibility index (Phi) is 6.22. The van der Waals surface area contributed by atoms with Crippen LogP contribution in [0.15, 0.2) is 24.3 Å². The second kappa shape index (κ2) is 7.74. The molecule has 1 aromatic carbocycles. The maximum atomic E-state index is 12.9. The van der Waals surface area contributed by atoms with Gasteiger partial charge in [-0.25, -0.2) is 0 Å². The average Bonchev–Trinajstić information content (AvgIpc) is 2.88. The van der Waals surface area contributed by atoms with Crippen LogP contribution in [0.25, 0.3) is 0 Å². The molecule has 0 spiro atoms. The van der Waals surface area contributed by atoms with Gasteiger partial charge in [-0.15, -0.1) is 0 Å². The molecule has 1 aromatic rings. The van der Waals surface area contributed by atoms with Gasteiger partial charge in [0.05, 0.1) is 19.4 Å². The first kappa shape index (κ1) is 17.7. The number of benzene rings is 1. The smallest absolute Gasteiger partial charge is 0.309 e. The number of fused-ring (bicyclic) bond motifs is 1. The molecule has 0 aliphatic carbocycles. The zero-order valence-electron chi connectivity index (χ0n) is 14.1. The van der Waals surface area contributed by atoms with E-state index in [-0.39, 0.29) is 6.04 Å². The van der Waals surface area contributed by atoms with E-state index in [2.05, 4.69) is 43.0 Å². The van der Waals surface area contributed by atoms with Crippen molar-refractivity contribution in [2.75, 3.05) is 19.4 Å². The first-order valence-electron chi connectivity index (χ1n) is 8.18. The number of nitrogens with zero attached hydrogens (tertiary/aromatic N) is 1. The molecule has 0 saturated heterocycles. The summed E-state index contributed by atoms with van der Waals surface area (Å²) >= 11 is 0. The molecular weight excluding hydrogens is 297 g/mol. The summed E-state index contributed by atoms with van der Waals surface area (Å²) < 4.78 is 23.9. The summed E-state index contributed by atoms with van der Waals surface area (Å²) in [6, 6.07) is 8.71. The van der Waals surface area contributed by atoms with Crippen molar-refractivity contribution in [3.63, 3.8) is 0 Å². The molecule has 1 aliphatic rings. The van der Waals surface area contributed by atoms with Crippen LogP contribution in [0, 0.1) is 5.92 Å². The topological polar surface area (TPSA) is 38.8 Å². The van der Waals surface area contributed by atoms with E-state index in [1.807, 2.05) is 13.8 Å². The molecule has 0 bridgehead atoms. The normalized spacial score (nSPS) is 17.0. The van der Waals surface area contributed by atoms with Gasteiger partial charge in [-0.1, -0.05) is 38.1 Å². The van der Waals surface area contributed by atoms with Crippen LogP contribution in [0.4, 0.5) is 0 Å². The van der Waals surface area contributed by atoms with Crippen molar-refractivity contribution in [2.24, 2.45) is 5.92 Å². The van der Waals surface area contributed by atoms with Crippen LogP contribution in [0.1, 0.15) is 38.8 Å². The van der Waals surface area contributed by atoms with Crippen LogP contribution in [0.2, 0.25) is 0 Å². The Morgan fingerprint density at radius 3 is 2.00 bits per heavy atom. The van der Waals surface area contributed by atoms with Crippen molar-refractivity contribution in [1.29, 1.82) is 0 Å². The van der Waals surface area contributed by atoms with Gasteiger partial charge in [0, 0.05) is 19.1 Å². The summed E-state index contributed by atoms with van der Waals surface area (Å²) in [5.74, 6) is 0.392. The van der Waals surface area contributed by atoms with E-state index in [0.29, 0.717) is 25.3 Å². The van der Waals surface area contributed by atoms with Crippen LogP contribution in [-0.4, -0.2) is 30.3 Å². The molecule has 0 radical (unpaired) electrons. The molecule has 0 aromatic heterocycles. The third kappa shape index (κ3) is 4.20. The summed E-state index contributed by atoms with van der Waals surface area (Å²) in [6.07, 6.45) is 0.459. The van der Waals surface area contributed by atoms with Crippen LogP contribution in [-0.2, 0) is 26.7 Å². The van der Waals surface area contributed by atoms with Crippen molar-refractivity contribution in [3.05, 3.63) is 35.4 Å². The Balaban J connectivity index is 2.13. The van der Waals surface area contributed by atoms with Crippen molar-refractivity contribution >= 4 is 7.60 Å². The number of hydrogen-bond donors (Lipinski definition) is 0. The monoisotopic (exact) mass is 325 g/mol. The zero-order chi connectivity index (χ0) is 16.2. The molecule has 22 heavy (non-hydrogen) atoms. The largest absolute Gasteiger partial charge is 0.332 e. The van der Waals surface area contributed by atoms with E-state index in [9.17, 15) is 4.57 Å². The van der Waals surface area contributed by atoms with Gasteiger partial charge in [-0.2, -0.15) is 0 Å². The van der Waals surface area contributed by atoms with Crippen LogP contribution in [0.3, 0.4) is 0 Å². The molecule has 0 N–H and O–H groups in total. The highest BCUT2D eigenvalue weighted by molar-refractivity contribution is 7.53. The standard InChI is InChI=1S/C17H28NO3P/c1-5-20-22(19,21-6-2)13-17(14(3)4)18-11-15-9-7-8-10-16(15)12-18/h7-10,14,17H,5-6,11-13H2,1-4H3/t17-/m1/s1. The van der Waals surface area contributed by atoms with Crippen LogP contribution < -0.4 is 0 Å². The summed E-state index contributed by atoms with van der Waals surface area (Å²) in [4.78, 5) is 2.40. The van der Waals surface area contributed by atoms with Gasteiger partial charge < -0.3 is 9.05 Å². The SMILES string of the molecule is CCOP(=O)(C[C@H](C(C)C)N1Cc2ccccc2C1)OCC. The van der Waals surface area contributed by atoms with E-state index < -0.39 is 7.60 Å². The first-order valence-corrected chi connectivity index (χ1v) is 9.90. The third-order valence-corrected chi connectivity index (χ3v) is 6.29. The summed E-state index contributed by atoms with van der Waals surface area (Å²) in [6.45, 7) is 10.7. The predicted molar refractivity (Wildman–Crippen MR) is 90.0 cm³/mol. The zero-order valence-corrected chi connectivity index (χ0v) is 15.0. The Labute approximate surface area is 134 Å². The lowest BCUT2D eigenvalue weighted by Gasteiger charge is -2.33. The molecular formula is C17H28NO3P. The lowest BCUT2D eigenvalue weighted by atomic mass is 10.1. The van der Waals surface area contributed by atoms with E-state index >= 15 is 0 Å². The second-order valence-electron chi connectivity index (χ2n) is 6.11. The molecule has 0 saturated carbocycles. The lowest BCUT2D eigenvalue weighted by Crippen LogP contribution is -2.38. The fourth-order valence-corrected chi connectivity index (χ4v) is 5.29. The first-order chi connectivity index (χ1) is 10.5. The van der Waals surface area contributed by atoms with Gasteiger partial charge in [-0.05, 0) is 30.9 Å². The fourth-order valence-electron chi connectivity index (χ4n) is 3.11.